The molecule has 1 aromatic rings. The fraction of sp³-hybridized carbons (Fsp3) is 0.273. The number of benzene rings is 1. The molecule has 1 N–H and O–H groups in total. The Kier molecular flexibility index (Phi) is 3.87. The summed E-state index contributed by atoms with van der Waals surface area (Å²) in [6.45, 7) is -0.236. The first-order chi connectivity index (χ1) is 7.79. The number of hydrogen-bond acceptors (Lipinski definition) is 1. The SMILES string of the molecule is OC/C=C/c1ccc(C(F)(F)C(F)(F)F)cc1. The summed E-state index contributed by atoms with van der Waals surface area (Å²) in [6.07, 6.45) is -2.85. The van der Waals surface area contributed by atoms with Crippen LogP contribution in [-0.2, 0) is 5.92 Å². The van der Waals surface area contributed by atoms with Crippen molar-refractivity contribution >= 4 is 6.08 Å². The molecule has 0 bridgehead atoms. The predicted octanol–water partition coefficient (Wildman–Crippen LogP) is 3.35. The lowest BCUT2D eigenvalue weighted by atomic mass is 10.1. The first-order valence-electron chi connectivity index (χ1n) is 4.61. The van der Waals surface area contributed by atoms with Gasteiger partial charge in [0.05, 0.1) is 6.61 Å². The van der Waals surface area contributed by atoms with Crippen LogP contribution < -0.4 is 0 Å². The van der Waals surface area contributed by atoms with Crippen LogP contribution in [0.2, 0.25) is 0 Å². The first-order valence-corrected chi connectivity index (χ1v) is 4.61. The lowest BCUT2D eigenvalue weighted by Crippen LogP contribution is -2.33. The van der Waals surface area contributed by atoms with E-state index in [0.29, 0.717) is 17.7 Å². The fourth-order valence-electron chi connectivity index (χ4n) is 1.16. The highest BCUT2D eigenvalue weighted by molar-refractivity contribution is 5.50. The Morgan fingerprint density at radius 1 is 1.00 bits per heavy atom. The molecular formula is C11H9F5O. The highest BCUT2D eigenvalue weighted by Gasteiger charge is 2.58. The van der Waals surface area contributed by atoms with Gasteiger partial charge >= 0.3 is 12.1 Å². The van der Waals surface area contributed by atoms with E-state index in [4.69, 9.17) is 5.11 Å². The minimum Gasteiger partial charge on any atom is -0.392 e. The normalized spacial score (nSPS) is 13.3. The third-order valence-electron chi connectivity index (χ3n) is 2.04. The third-order valence-corrected chi connectivity index (χ3v) is 2.04. The molecule has 1 aromatic carbocycles. The van der Waals surface area contributed by atoms with Gasteiger partial charge in [0.25, 0.3) is 0 Å². The summed E-state index contributed by atoms with van der Waals surface area (Å²) < 4.78 is 61.8. The van der Waals surface area contributed by atoms with Gasteiger partial charge in [0, 0.05) is 5.56 Å². The Bertz CT molecular complexity index is 391. The lowest BCUT2D eigenvalue weighted by Gasteiger charge is -2.19. The Balaban J connectivity index is 2.99. The summed E-state index contributed by atoms with van der Waals surface area (Å²) >= 11 is 0. The van der Waals surface area contributed by atoms with Crippen LogP contribution in [0.4, 0.5) is 22.0 Å². The average molecular weight is 252 g/mol. The molecule has 1 nitrogen and oxygen atoms in total. The zero-order valence-electron chi connectivity index (χ0n) is 8.51. The maximum absolute atomic E-state index is 12.9. The second-order valence-corrected chi connectivity index (χ2v) is 3.28. The molecule has 0 saturated carbocycles. The van der Waals surface area contributed by atoms with E-state index in [1.165, 1.54) is 12.2 Å². The van der Waals surface area contributed by atoms with Crippen molar-refractivity contribution in [2.45, 2.75) is 12.1 Å². The monoisotopic (exact) mass is 252 g/mol. The highest BCUT2D eigenvalue weighted by atomic mass is 19.4. The van der Waals surface area contributed by atoms with Crippen molar-refractivity contribution in [3.63, 3.8) is 0 Å². The zero-order chi connectivity index (χ0) is 13.1. The van der Waals surface area contributed by atoms with Gasteiger partial charge in [-0.3, -0.25) is 0 Å². The Hall–Kier alpha value is -1.43. The van der Waals surface area contributed by atoms with Gasteiger partial charge in [0.15, 0.2) is 0 Å². The van der Waals surface area contributed by atoms with Crippen molar-refractivity contribution in [2.75, 3.05) is 6.61 Å². The van der Waals surface area contributed by atoms with Crippen LogP contribution in [0.15, 0.2) is 30.3 Å². The molecule has 0 radical (unpaired) electrons. The van der Waals surface area contributed by atoms with Crippen LogP contribution in [0.5, 0.6) is 0 Å². The molecule has 0 aliphatic rings. The van der Waals surface area contributed by atoms with Crippen LogP contribution in [0, 0.1) is 0 Å². The summed E-state index contributed by atoms with van der Waals surface area (Å²) in [7, 11) is 0. The second-order valence-electron chi connectivity index (χ2n) is 3.28. The van der Waals surface area contributed by atoms with Gasteiger partial charge in [-0.15, -0.1) is 0 Å². The minimum atomic E-state index is -5.60. The van der Waals surface area contributed by atoms with Gasteiger partial charge in [-0.2, -0.15) is 22.0 Å². The van der Waals surface area contributed by atoms with Gasteiger partial charge in [0.2, 0.25) is 0 Å². The van der Waals surface area contributed by atoms with E-state index in [1.807, 2.05) is 0 Å². The topological polar surface area (TPSA) is 20.2 Å². The molecule has 0 amide bonds. The van der Waals surface area contributed by atoms with Gasteiger partial charge in [0.1, 0.15) is 0 Å². The summed E-state index contributed by atoms with van der Waals surface area (Å²) in [4.78, 5) is 0. The number of hydrogen-bond donors (Lipinski definition) is 1. The molecule has 0 aliphatic heterocycles. The standard InChI is InChI=1S/C11H9F5O/c12-10(13,11(14,15)16)9-5-3-8(4-6-9)2-1-7-17/h1-6,17H,7H2/b2-1+. The van der Waals surface area contributed by atoms with E-state index in [-0.39, 0.29) is 6.61 Å². The summed E-state index contributed by atoms with van der Waals surface area (Å²) in [6, 6.07) is 3.68. The summed E-state index contributed by atoms with van der Waals surface area (Å²) in [5.41, 5.74) is -0.674. The Morgan fingerprint density at radius 2 is 1.53 bits per heavy atom. The van der Waals surface area contributed by atoms with Gasteiger partial charge in [-0.05, 0) is 5.56 Å². The van der Waals surface area contributed by atoms with Gasteiger partial charge in [-0.25, -0.2) is 0 Å². The molecule has 0 atom stereocenters. The molecule has 0 saturated heterocycles. The average Bonchev–Trinajstić information content (AvgIpc) is 2.25. The molecule has 0 aromatic heterocycles. The van der Waals surface area contributed by atoms with Crippen molar-refractivity contribution in [2.24, 2.45) is 0 Å². The maximum Gasteiger partial charge on any atom is 0.458 e. The fourth-order valence-corrected chi connectivity index (χ4v) is 1.16. The lowest BCUT2D eigenvalue weighted by molar-refractivity contribution is -0.289. The molecule has 0 fully saturated rings. The summed E-state index contributed by atoms with van der Waals surface area (Å²) in [5, 5.41) is 8.46. The largest absolute Gasteiger partial charge is 0.458 e. The number of rotatable bonds is 3. The second kappa shape index (κ2) is 4.83. The van der Waals surface area contributed by atoms with Crippen molar-refractivity contribution < 1.29 is 27.1 Å². The van der Waals surface area contributed by atoms with E-state index in [2.05, 4.69) is 0 Å². The quantitative estimate of drug-likeness (QED) is 0.818. The molecule has 17 heavy (non-hydrogen) atoms. The molecular weight excluding hydrogens is 243 g/mol. The zero-order valence-corrected chi connectivity index (χ0v) is 8.51. The van der Waals surface area contributed by atoms with Gasteiger partial charge in [-0.1, -0.05) is 36.4 Å². The van der Waals surface area contributed by atoms with Gasteiger partial charge < -0.3 is 5.11 Å². The van der Waals surface area contributed by atoms with Crippen LogP contribution in [0.25, 0.3) is 6.08 Å². The van der Waals surface area contributed by atoms with E-state index >= 15 is 0 Å². The van der Waals surface area contributed by atoms with E-state index in [0.717, 1.165) is 12.1 Å². The highest BCUT2D eigenvalue weighted by Crippen LogP contribution is 2.43. The first kappa shape index (κ1) is 13.6. The molecule has 0 unspecified atom stereocenters. The van der Waals surface area contributed by atoms with E-state index < -0.39 is 17.7 Å². The van der Waals surface area contributed by atoms with E-state index in [1.54, 1.807) is 0 Å². The molecule has 1 rings (SSSR count). The predicted molar refractivity (Wildman–Crippen MR) is 52.5 cm³/mol. The molecule has 0 spiro atoms. The van der Waals surface area contributed by atoms with Crippen LogP contribution >= 0.6 is 0 Å². The van der Waals surface area contributed by atoms with Crippen LogP contribution in [0.1, 0.15) is 11.1 Å². The summed E-state index contributed by atoms with van der Waals surface area (Å²) in [5.74, 6) is -4.85. The van der Waals surface area contributed by atoms with Crippen molar-refractivity contribution in [3.8, 4) is 0 Å². The maximum atomic E-state index is 12.9. The van der Waals surface area contributed by atoms with E-state index in [9.17, 15) is 22.0 Å². The van der Waals surface area contributed by atoms with Crippen molar-refractivity contribution in [3.05, 3.63) is 41.5 Å². The molecule has 94 valence electrons. The number of halogens is 5. The Labute approximate surface area is 94.2 Å². The number of aliphatic hydroxyl groups is 1. The van der Waals surface area contributed by atoms with Crippen molar-refractivity contribution in [1.29, 1.82) is 0 Å². The minimum absolute atomic E-state index is 0.236. The third kappa shape index (κ3) is 3.03. The number of alkyl halides is 5. The molecule has 0 aliphatic carbocycles. The van der Waals surface area contributed by atoms with Crippen LogP contribution in [-0.4, -0.2) is 17.9 Å². The Morgan fingerprint density at radius 3 is 1.94 bits per heavy atom. The van der Waals surface area contributed by atoms with Crippen LogP contribution in [0.3, 0.4) is 0 Å². The molecule has 0 heterocycles. The van der Waals surface area contributed by atoms with Crippen molar-refractivity contribution in [1.82, 2.24) is 0 Å². The number of aliphatic hydroxyl groups excluding tert-OH is 1. The smallest absolute Gasteiger partial charge is 0.392 e. The molecule has 6 heteroatoms.